The predicted octanol–water partition coefficient (Wildman–Crippen LogP) is 4.16. The Labute approximate surface area is 127 Å². The maximum atomic E-state index is 3.63. The van der Waals surface area contributed by atoms with Crippen LogP contribution in [0.4, 0.5) is 0 Å². The number of nitrogens with one attached hydrogen (secondary N) is 1. The van der Waals surface area contributed by atoms with Crippen molar-refractivity contribution < 1.29 is 0 Å². The zero-order valence-electron chi connectivity index (χ0n) is 14.7. The Morgan fingerprint density at radius 3 is 2.55 bits per heavy atom. The molecule has 1 fully saturated rings. The molecule has 1 saturated heterocycles. The molecule has 0 saturated carbocycles. The molecule has 2 heteroatoms. The van der Waals surface area contributed by atoms with Crippen molar-refractivity contribution in [1.82, 2.24) is 10.2 Å². The second-order valence-electron chi connectivity index (χ2n) is 7.55. The summed E-state index contributed by atoms with van der Waals surface area (Å²) in [5.41, 5.74) is 0.437. The van der Waals surface area contributed by atoms with Crippen molar-refractivity contribution >= 4 is 0 Å². The summed E-state index contributed by atoms with van der Waals surface area (Å²) in [6.07, 6.45) is 6.74. The van der Waals surface area contributed by atoms with Crippen LogP contribution in [0, 0.1) is 17.3 Å². The molecule has 0 radical (unpaired) electrons. The average Bonchev–Trinajstić information content (AvgIpc) is 2.64. The van der Waals surface area contributed by atoms with Gasteiger partial charge in [0.25, 0.3) is 0 Å². The van der Waals surface area contributed by atoms with Crippen LogP contribution >= 0.6 is 0 Å². The third kappa shape index (κ3) is 6.13. The minimum absolute atomic E-state index is 0.437. The molecular formula is C18H38N2. The SMILES string of the molecule is CCCNCC(C)(CC)CN1CCCC(C(C)C)CC1. The summed E-state index contributed by atoms with van der Waals surface area (Å²) >= 11 is 0. The number of hydrogen-bond acceptors (Lipinski definition) is 2. The van der Waals surface area contributed by atoms with E-state index in [1.807, 2.05) is 0 Å². The molecule has 0 spiro atoms. The summed E-state index contributed by atoms with van der Waals surface area (Å²) in [6, 6.07) is 0. The fraction of sp³-hybridized carbons (Fsp3) is 1.00. The van der Waals surface area contributed by atoms with E-state index in [1.165, 1.54) is 58.3 Å². The van der Waals surface area contributed by atoms with Gasteiger partial charge in [-0.2, -0.15) is 0 Å². The van der Waals surface area contributed by atoms with Crippen molar-refractivity contribution in [3.8, 4) is 0 Å². The molecule has 120 valence electrons. The van der Waals surface area contributed by atoms with E-state index in [0.717, 1.165) is 18.4 Å². The Bertz CT molecular complexity index is 252. The first-order valence-electron chi connectivity index (χ1n) is 8.94. The highest BCUT2D eigenvalue weighted by atomic mass is 15.1. The van der Waals surface area contributed by atoms with E-state index in [4.69, 9.17) is 0 Å². The van der Waals surface area contributed by atoms with Gasteiger partial charge >= 0.3 is 0 Å². The van der Waals surface area contributed by atoms with E-state index in [-0.39, 0.29) is 0 Å². The highest BCUT2D eigenvalue weighted by Crippen LogP contribution is 2.27. The summed E-state index contributed by atoms with van der Waals surface area (Å²) in [5, 5.41) is 3.63. The van der Waals surface area contributed by atoms with Crippen LogP contribution in [0.3, 0.4) is 0 Å². The zero-order valence-corrected chi connectivity index (χ0v) is 14.7. The first-order chi connectivity index (χ1) is 9.50. The summed E-state index contributed by atoms with van der Waals surface area (Å²) in [4.78, 5) is 2.74. The number of rotatable bonds is 8. The van der Waals surface area contributed by atoms with Gasteiger partial charge in [-0.15, -0.1) is 0 Å². The van der Waals surface area contributed by atoms with Gasteiger partial charge in [0.1, 0.15) is 0 Å². The lowest BCUT2D eigenvalue weighted by molar-refractivity contribution is 0.156. The van der Waals surface area contributed by atoms with E-state index in [2.05, 4.69) is 44.8 Å². The van der Waals surface area contributed by atoms with Crippen molar-refractivity contribution in [2.24, 2.45) is 17.3 Å². The van der Waals surface area contributed by atoms with Crippen LogP contribution in [0.1, 0.15) is 66.7 Å². The van der Waals surface area contributed by atoms with Crippen molar-refractivity contribution in [2.45, 2.75) is 66.7 Å². The van der Waals surface area contributed by atoms with Gasteiger partial charge in [-0.25, -0.2) is 0 Å². The number of nitrogens with zero attached hydrogens (tertiary/aromatic N) is 1. The molecule has 0 aliphatic carbocycles. The Morgan fingerprint density at radius 2 is 1.95 bits per heavy atom. The third-order valence-electron chi connectivity index (χ3n) is 5.25. The first-order valence-corrected chi connectivity index (χ1v) is 8.94. The van der Waals surface area contributed by atoms with Crippen molar-refractivity contribution in [1.29, 1.82) is 0 Å². The molecule has 0 aromatic rings. The fourth-order valence-electron chi connectivity index (χ4n) is 3.41. The van der Waals surface area contributed by atoms with Crippen LogP contribution in [0.5, 0.6) is 0 Å². The number of likely N-dealkylation sites (tertiary alicyclic amines) is 1. The van der Waals surface area contributed by atoms with Crippen LogP contribution in [-0.2, 0) is 0 Å². The summed E-state index contributed by atoms with van der Waals surface area (Å²) < 4.78 is 0. The van der Waals surface area contributed by atoms with Crippen LogP contribution in [0.2, 0.25) is 0 Å². The molecule has 2 atom stereocenters. The Balaban J connectivity index is 2.44. The van der Waals surface area contributed by atoms with Crippen molar-refractivity contribution in [2.75, 3.05) is 32.7 Å². The molecule has 20 heavy (non-hydrogen) atoms. The van der Waals surface area contributed by atoms with Gasteiger partial charge in [0.2, 0.25) is 0 Å². The van der Waals surface area contributed by atoms with Crippen LogP contribution < -0.4 is 5.32 Å². The first kappa shape index (κ1) is 18.0. The van der Waals surface area contributed by atoms with Gasteiger partial charge in [0.05, 0.1) is 0 Å². The molecule has 1 heterocycles. The Morgan fingerprint density at radius 1 is 1.20 bits per heavy atom. The van der Waals surface area contributed by atoms with Gasteiger partial charge in [-0.05, 0) is 69.0 Å². The molecule has 1 N–H and O–H groups in total. The highest BCUT2D eigenvalue weighted by Gasteiger charge is 2.27. The van der Waals surface area contributed by atoms with Crippen LogP contribution in [0.25, 0.3) is 0 Å². The standard InChI is InChI=1S/C18H38N2/c1-6-11-19-14-18(5,7-2)15-20-12-8-9-17(10-13-20)16(3)4/h16-17,19H,6-15H2,1-5H3. The lowest BCUT2D eigenvalue weighted by Gasteiger charge is -2.35. The molecule has 0 aromatic carbocycles. The fourth-order valence-corrected chi connectivity index (χ4v) is 3.41. The highest BCUT2D eigenvalue weighted by molar-refractivity contribution is 4.82. The van der Waals surface area contributed by atoms with Gasteiger partial charge in [-0.1, -0.05) is 34.6 Å². The Kier molecular flexibility index (Phi) is 8.13. The zero-order chi connectivity index (χ0) is 15.0. The average molecular weight is 283 g/mol. The van der Waals surface area contributed by atoms with E-state index >= 15 is 0 Å². The van der Waals surface area contributed by atoms with E-state index in [9.17, 15) is 0 Å². The summed E-state index contributed by atoms with van der Waals surface area (Å²) in [5.74, 6) is 1.81. The normalized spacial score (nSPS) is 24.6. The van der Waals surface area contributed by atoms with Gasteiger partial charge in [-0.3, -0.25) is 0 Å². The van der Waals surface area contributed by atoms with E-state index < -0.39 is 0 Å². The van der Waals surface area contributed by atoms with E-state index in [1.54, 1.807) is 0 Å². The van der Waals surface area contributed by atoms with Crippen molar-refractivity contribution in [3.63, 3.8) is 0 Å². The molecule has 0 aromatic heterocycles. The van der Waals surface area contributed by atoms with Crippen LogP contribution in [-0.4, -0.2) is 37.6 Å². The molecule has 1 aliphatic rings. The van der Waals surface area contributed by atoms with Gasteiger partial charge in [0, 0.05) is 13.1 Å². The second-order valence-corrected chi connectivity index (χ2v) is 7.55. The Hall–Kier alpha value is -0.0800. The minimum Gasteiger partial charge on any atom is -0.316 e. The molecule has 2 unspecified atom stereocenters. The lowest BCUT2D eigenvalue weighted by atomic mass is 9.86. The molecule has 0 bridgehead atoms. The van der Waals surface area contributed by atoms with Gasteiger partial charge < -0.3 is 10.2 Å². The molecule has 0 amide bonds. The lowest BCUT2D eigenvalue weighted by Crippen LogP contribution is -2.42. The minimum atomic E-state index is 0.437. The largest absolute Gasteiger partial charge is 0.316 e. The third-order valence-corrected chi connectivity index (χ3v) is 5.25. The monoisotopic (exact) mass is 282 g/mol. The predicted molar refractivity (Wildman–Crippen MR) is 90.2 cm³/mol. The molecule has 1 rings (SSSR count). The second kappa shape index (κ2) is 9.04. The van der Waals surface area contributed by atoms with E-state index in [0.29, 0.717) is 5.41 Å². The quantitative estimate of drug-likeness (QED) is 0.673. The molecular weight excluding hydrogens is 244 g/mol. The topological polar surface area (TPSA) is 15.3 Å². The van der Waals surface area contributed by atoms with Crippen molar-refractivity contribution in [3.05, 3.63) is 0 Å². The molecule has 2 nitrogen and oxygen atoms in total. The smallest absolute Gasteiger partial charge is 0.00474 e. The van der Waals surface area contributed by atoms with Crippen LogP contribution in [0.15, 0.2) is 0 Å². The maximum absolute atomic E-state index is 3.63. The summed E-state index contributed by atoms with van der Waals surface area (Å²) in [7, 11) is 0. The molecule has 1 aliphatic heterocycles. The summed E-state index contributed by atoms with van der Waals surface area (Å²) in [6.45, 7) is 18.1. The number of hydrogen-bond donors (Lipinski definition) is 1. The maximum Gasteiger partial charge on any atom is 0.00474 e. The van der Waals surface area contributed by atoms with Gasteiger partial charge in [0.15, 0.2) is 0 Å².